The fourth-order valence-corrected chi connectivity index (χ4v) is 2.23. The Hall–Kier alpha value is -2.55. The van der Waals surface area contributed by atoms with Crippen LogP contribution in [0.2, 0.25) is 0 Å². The molecule has 0 radical (unpaired) electrons. The van der Waals surface area contributed by atoms with E-state index in [0.717, 1.165) is 0 Å². The standard InChI is InChI=1S/C12H11N5O3S/c1-19-9-4-2-3-8(5-9)14-10(18)6-21-12-16-17-7-13-15-11(17)20-12/h2-5,7H,6H2,1H3,(H,14,18). The van der Waals surface area contributed by atoms with E-state index in [1.165, 1.54) is 22.6 Å². The van der Waals surface area contributed by atoms with Gasteiger partial charge in [-0.3, -0.25) is 4.79 Å². The van der Waals surface area contributed by atoms with Crippen LogP contribution < -0.4 is 10.1 Å². The number of benzene rings is 1. The molecular weight excluding hydrogens is 294 g/mol. The van der Waals surface area contributed by atoms with Crippen molar-refractivity contribution in [2.45, 2.75) is 5.22 Å². The summed E-state index contributed by atoms with van der Waals surface area (Å²) in [5.74, 6) is 0.990. The molecule has 0 saturated carbocycles. The van der Waals surface area contributed by atoms with Gasteiger partial charge in [-0.2, -0.15) is 4.52 Å². The Balaban J connectivity index is 1.57. The van der Waals surface area contributed by atoms with Gasteiger partial charge >= 0.3 is 5.84 Å². The van der Waals surface area contributed by atoms with Gasteiger partial charge in [-0.1, -0.05) is 22.9 Å². The van der Waals surface area contributed by atoms with Crippen LogP contribution in [0.1, 0.15) is 0 Å². The molecule has 0 fully saturated rings. The molecule has 108 valence electrons. The second kappa shape index (κ2) is 5.83. The summed E-state index contributed by atoms with van der Waals surface area (Å²) in [4.78, 5) is 11.9. The molecule has 1 amide bonds. The molecular formula is C12H11N5O3S. The molecule has 0 spiro atoms. The van der Waals surface area contributed by atoms with Crippen molar-refractivity contribution in [2.24, 2.45) is 0 Å². The largest absolute Gasteiger partial charge is 0.497 e. The maximum Gasteiger partial charge on any atom is 0.345 e. The fourth-order valence-electron chi connectivity index (χ4n) is 1.63. The number of hydrogen-bond donors (Lipinski definition) is 1. The van der Waals surface area contributed by atoms with Crippen molar-refractivity contribution < 1.29 is 13.9 Å². The normalized spacial score (nSPS) is 10.7. The molecule has 21 heavy (non-hydrogen) atoms. The molecule has 0 atom stereocenters. The number of rotatable bonds is 5. The minimum absolute atomic E-state index is 0.165. The molecule has 0 aliphatic rings. The predicted molar refractivity (Wildman–Crippen MR) is 75.4 cm³/mol. The van der Waals surface area contributed by atoms with Gasteiger partial charge in [0, 0.05) is 11.8 Å². The van der Waals surface area contributed by atoms with Crippen LogP contribution >= 0.6 is 11.8 Å². The summed E-state index contributed by atoms with van der Waals surface area (Å²) < 4.78 is 11.8. The van der Waals surface area contributed by atoms with Gasteiger partial charge in [-0.15, -0.1) is 10.2 Å². The summed E-state index contributed by atoms with van der Waals surface area (Å²) in [5.41, 5.74) is 0.673. The molecule has 0 aliphatic heterocycles. The zero-order valence-corrected chi connectivity index (χ0v) is 11.8. The smallest absolute Gasteiger partial charge is 0.345 e. The van der Waals surface area contributed by atoms with Gasteiger partial charge in [-0.25, -0.2) is 0 Å². The van der Waals surface area contributed by atoms with E-state index in [-0.39, 0.29) is 11.7 Å². The Morgan fingerprint density at radius 3 is 3.24 bits per heavy atom. The summed E-state index contributed by atoms with van der Waals surface area (Å²) in [6, 6.07) is 7.14. The molecule has 0 saturated heterocycles. The molecule has 3 rings (SSSR count). The number of thioether (sulfide) groups is 1. The number of carbonyl (C=O) groups excluding carboxylic acids is 1. The predicted octanol–water partition coefficient (Wildman–Crippen LogP) is 1.46. The highest BCUT2D eigenvalue weighted by Gasteiger charge is 2.10. The van der Waals surface area contributed by atoms with Crippen molar-refractivity contribution in [3.05, 3.63) is 30.6 Å². The van der Waals surface area contributed by atoms with Gasteiger partial charge in [0.15, 0.2) is 0 Å². The topological polar surface area (TPSA) is 94.5 Å². The Morgan fingerprint density at radius 1 is 1.52 bits per heavy atom. The summed E-state index contributed by atoms with van der Waals surface area (Å²) in [5, 5.41) is 14.5. The van der Waals surface area contributed by atoms with Crippen LogP contribution in [0, 0.1) is 0 Å². The lowest BCUT2D eigenvalue weighted by atomic mass is 10.3. The number of anilines is 1. The minimum atomic E-state index is -0.165. The first kappa shape index (κ1) is 13.4. The molecule has 1 aromatic carbocycles. The van der Waals surface area contributed by atoms with Gasteiger partial charge in [0.2, 0.25) is 5.91 Å². The maximum absolute atomic E-state index is 11.9. The van der Waals surface area contributed by atoms with Crippen molar-refractivity contribution >= 4 is 29.2 Å². The van der Waals surface area contributed by atoms with Crippen LogP contribution in [0.4, 0.5) is 5.69 Å². The highest BCUT2D eigenvalue weighted by molar-refractivity contribution is 7.99. The summed E-state index contributed by atoms with van der Waals surface area (Å²) in [7, 11) is 1.57. The molecule has 0 bridgehead atoms. The molecule has 0 unspecified atom stereocenters. The van der Waals surface area contributed by atoms with Crippen LogP contribution in [0.3, 0.4) is 0 Å². The Kier molecular flexibility index (Phi) is 3.73. The number of fused-ring (bicyclic) bond motifs is 1. The molecule has 2 heterocycles. The SMILES string of the molecule is COc1cccc(NC(=O)CSc2nn3cnnc3o2)c1. The number of carbonyl (C=O) groups is 1. The van der Waals surface area contributed by atoms with Crippen molar-refractivity contribution in [3.8, 4) is 5.75 Å². The van der Waals surface area contributed by atoms with E-state index in [0.29, 0.717) is 22.5 Å². The lowest BCUT2D eigenvalue weighted by Gasteiger charge is -2.05. The van der Waals surface area contributed by atoms with Crippen LogP contribution in [0.5, 0.6) is 5.75 Å². The number of nitrogens with one attached hydrogen (secondary N) is 1. The van der Waals surface area contributed by atoms with Crippen LogP contribution in [0.25, 0.3) is 5.84 Å². The van der Waals surface area contributed by atoms with Crippen molar-refractivity contribution in [3.63, 3.8) is 0 Å². The first-order valence-corrected chi connectivity index (χ1v) is 6.97. The number of aromatic nitrogens is 4. The zero-order chi connectivity index (χ0) is 14.7. The Bertz CT molecular complexity index is 740. The van der Waals surface area contributed by atoms with E-state index >= 15 is 0 Å². The molecule has 3 aromatic rings. The third-order valence-electron chi connectivity index (χ3n) is 2.55. The minimum Gasteiger partial charge on any atom is -0.497 e. The first-order valence-electron chi connectivity index (χ1n) is 5.98. The van der Waals surface area contributed by atoms with Crippen LogP contribution in [0.15, 0.2) is 40.2 Å². The lowest BCUT2D eigenvalue weighted by molar-refractivity contribution is -0.113. The highest BCUT2D eigenvalue weighted by Crippen LogP contribution is 2.19. The van der Waals surface area contributed by atoms with E-state index in [1.54, 1.807) is 31.4 Å². The second-order valence-corrected chi connectivity index (χ2v) is 4.92. The van der Waals surface area contributed by atoms with Crippen LogP contribution in [-0.2, 0) is 4.79 Å². The van der Waals surface area contributed by atoms with E-state index in [9.17, 15) is 4.79 Å². The first-order chi connectivity index (χ1) is 10.2. The molecule has 9 heteroatoms. The van der Waals surface area contributed by atoms with Crippen molar-refractivity contribution in [1.82, 2.24) is 19.8 Å². The quantitative estimate of drug-likeness (QED) is 0.713. The van der Waals surface area contributed by atoms with Gasteiger partial charge in [0.05, 0.1) is 12.9 Å². The van der Waals surface area contributed by atoms with E-state index in [2.05, 4.69) is 20.6 Å². The molecule has 2 aromatic heterocycles. The molecule has 1 N–H and O–H groups in total. The summed E-state index contributed by atoms with van der Waals surface area (Å²) >= 11 is 1.18. The molecule has 8 nitrogen and oxygen atoms in total. The maximum atomic E-state index is 11.9. The second-order valence-electron chi connectivity index (χ2n) is 3.99. The van der Waals surface area contributed by atoms with E-state index in [4.69, 9.17) is 9.15 Å². The highest BCUT2D eigenvalue weighted by atomic mass is 32.2. The average Bonchev–Trinajstić information content (AvgIpc) is 3.06. The average molecular weight is 305 g/mol. The van der Waals surface area contributed by atoms with Gasteiger partial charge in [0.1, 0.15) is 12.1 Å². The van der Waals surface area contributed by atoms with E-state index in [1.807, 2.05) is 0 Å². The van der Waals surface area contributed by atoms with Crippen LogP contribution in [-0.4, -0.2) is 38.6 Å². The van der Waals surface area contributed by atoms with Gasteiger partial charge in [0.25, 0.3) is 5.22 Å². The van der Waals surface area contributed by atoms with Gasteiger partial charge in [-0.05, 0) is 12.1 Å². The third-order valence-corrected chi connectivity index (χ3v) is 3.37. The van der Waals surface area contributed by atoms with Crippen molar-refractivity contribution in [1.29, 1.82) is 0 Å². The molecule has 0 aliphatic carbocycles. The fraction of sp³-hybridized carbons (Fsp3) is 0.167. The number of nitrogens with zero attached hydrogens (tertiary/aromatic N) is 4. The number of hydrogen-bond acceptors (Lipinski definition) is 7. The number of ether oxygens (including phenoxy) is 1. The summed E-state index contributed by atoms with van der Waals surface area (Å²) in [6.07, 6.45) is 1.43. The summed E-state index contributed by atoms with van der Waals surface area (Å²) in [6.45, 7) is 0. The third kappa shape index (κ3) is 3.14. The zero-order valence-electron chi connectivity index (χ0n) is 11.0. The lowest BCUT2D eigenvalue weighted by Crippen LogP contribution is -2.14. The number of methoxy groups -OCH3 is 1. The Labute approximate surface area is 123 Å². The monoisotopic (exact) mass is 305 g/mol. The Morgan fingerprint density at radius 2 is 2.43 bits per heavy atom. The number of amides is 1. The van der Waals surface area contributed by atoms with Gasteiger partial charge < -0.3 is 14.5 Å². The van der Waals surface area contributed by atoms with Crippen molar-refractivity contribution in [2.75, 3.05) is 18.2 Å². The van der Waals surface area contributed by atoms with E-state index < -0.39 is 0 Å².